The van der Waals surface area contributed by atoms with Gasteiger partial charge in [0.25, 0.3) is 36.6 Å². The summed E-state index contributed by atoms with van der Waals surface area (Å²) in [6.45, 7) is 10.1. The summed E-state index contributed by atoms with van der Waals surface area (Å²) < 4.78 is 78.2. The number of carbonyl (C=O) groups excluding carboxylic acids is 11. The van der Waals surface area contributed by atoms with Gasteiger partial charge in [-0.25, -0.2) is 24.1 Å². The number of unbranched alkanes of at least 4 members (excludes halogenated alkanes) is 2. The molecular weight excluding hydrogens is 1590 g/mol. The Hall–Kier alpha value is -11.1. The fourth-order valence-corrected chi connectivity index (χ4v) is 15.7. The van der Waals surface area contributed by atoms with Gasteiger partial charge in [-0.15, -0.1) is 0 Å². The van der Waals surface area contributed by atoms with Gasteiger partial charge < -0.3 is 64.9 Å². The predicted molar refractivity (Wildman–Crippen MR) is 425 cm³/mol. The number of carboxylic acids is 1. The molecule has 2 aromatic carbocycles. The van der Waals surface area contributed by atoms with Crippen molar-refractivity contribution in [2.45, 2.75) is 100.0 Å². The van der Waals surface area contributed by atoms with Crippen LogP contribution in [0, 0.1) is 17.9 Å². The van der Waals surface area contributed by atoms with E-state index in [0.29, 0.717) is 183 Å². The molecule has 0 radical (unpaired) electrons. The Labute approximate surface area is 697 Å². The molecule has 0 aliphatic carbocycles. The van der Waals surface area contributed by atoms with Gasteiger partial charge in [0.1, 0.15) is 37.4 Å². The number of halogens is 4. The highest BCUT2D eigenvalue weighted by molar-refractivity contribution is 6.08. The number of ether oxygens (including phenoxy) is 4. The molecule has 656 valence electrons. The second kappa shape index (κ2) is 44.5. The number of carbonyl (C=O) groups is 12. The normalized spacial score (nSPS) is 20.5. The van der Waals surface area contributed by atoms with E-state index in [1.165, 1.54) is 24.5 Å². The lowest BCUT2D eigenvalue weighted by Gasteiger charge is -2.33. The minimum atomic E-state index is -3.21. The van der Waals surface area contributed by atoms with Crippen molar-refractivity contribution < 1.29 is 99.2 Å². The van der Waals surface area contributed by atoms with Gasteiger partial charge in [0.15, 0.2) is 0 Å². The van der Waals surface area contributed by atoms with Crippen LogP contribution in [0.1, 0.15) is 78.5 Å². The molecular formula is C80H106F4N20O17. The van der Waals surface area contributed by atoms with Crippen LogP contribution in [0.15, 0.2) is 60.9 Å². The molecule has 5 atom stereocenters. The number of carboxylic acid groups (broad SMARTS) is 1. The number of fused-ring (bicyclic) bond motifs is 2. The molecule has 41 heteroatoms. The van der Waals surface area contributed by atoms with E-state index in [-0.39, 0.29) is 132 Å². The molecule has 1 unspecified atom stereocenters. The lowest BCUT2D eigenvalue weighted by Crippen LogP contribution is -2.51. The molecule has 10 rings (SSSR count). The first-order chi connectivity index (χ1) is 58.1. The lowest BCUT2D eigenvalue weighted by molar-refractivity contribution is -0.139. The highest BCUT2D eigenvalue weighted by Crippen LogP contribution is 2.34. The van der Waals surface area contributed by atoms with Gasteiger partial charge in [-0.2, -0.15) is 5.26 Å². The number of alkyl halides is 4. The summed E-state index contributed by atoms with van der Waals surface area (Å²) in [7, 11) is 3.63. The molecule has 8 heterocycles. The Morgan fingerprint density at radius 1 is 0.554 bits per heavy atom. The van der Waals surface area contributed by atoms with Gasteiger partial charge >= 0.3 is 12.1 Å². The Morgan fingerprint density at radius 2 is 0.983 bits per heavy atom. The molecule has 5 N–H and O–H groups in total. The zero-order valence-corrected chi connectivity index (χ0v) is 68.0. The summed E-state index contributed by atoms with van der Waals surface area (Å²) in [4.78, 5) is 189. The third kappa shape index (κ3) is 27.2. The molecule has 37 nitrogen and oxygen atoms in total. The number of nitrogens with one attached hydrogen (secondary N) is 4. The average Bonchev–Trinajstić information content (AvgIpc) is 0.854. The topological polar surface area (TPSA) is 403 Å². The van der Waals surface area contributed by atoms with Crippen LogP contribution in [0.25, 0.3) is 26.7 Å². The van der Waals surface area contributed by atoms with Crippen LogP contribution in [0.3, 0.4) is 0 Å². The smallest absolute Gasteiger partial charge is 0.317 e. The number of pyridine rings is 2. The molecule has 6 aliphatic heterocycles. The first-order valence-corrected chi connectivity index (χ1v) is 40.5. The van der Waals surface area contributed by atoms with Gasteiger partial charge in [0, 0.05) is 152 Å². The summed E-state index contributed by atoms with van der Waals surface area (Å²) in [5, 5.41) is 30.9. The van der Waals surface area contributed by atoms with Crippen molar-refractivity contribution >= 4 is 93.9 Å². The second-order valence-corrected chi connectivity index (χ2v) is 31.2. The third-order valence-corrected chi connectivity index (χ3v) is 22.6. The number of hydrogen-bond acceptors (Lipinski definition) is 26. The van der Waals surface area contributed by atoms with Crippen LogP contribution in [0.5, 0.6) is 11.5 Å². The number of nitriles is 1. The standard InChI is InChI=1S/C80H106F4N20O17/c1-86-68-37-80(83,84)51-104(68)72(110)40-92-78(117)63-13-20-88-67-11-9-61(35-65(63)67)121-33-7-5-18-90-70(108)45-94(3)57-15-22-100(42-57)75(113)48-102(58-16-23-101(43-58)73(111)46-95-24-25-96(49-76(114)115)27-29-98(53-119-55-106)31-30-97(28-26-95)52-118-54-105)47-74(112)99-21-14-56(41-99)93(2)44-69(107)89-17-4-6-32-120-60-8-10-66-64(34-60)62(12-19-87-66)77(116)91-39-71(109)103-50-79(81,82)36-59(103)38-85/h8-13,19-20,34-35,54-59,68H,4-7,14-18,21-33,36-37,39-53H2,2-3H3,(H,89,107)(H,90,108)(H,91,116)(H,92,117)(H,114,115)/t56-,57-,58?,59+,68+/m1/s1. The van der Waals surface area contributed by atoms with E-state index in [2.05, 4.69) is 36.1 Å². The van der Waals surface area contributed by atoms with Gasteiger partial charge in [-0.3, -0.25) is 112 Å². The van der Waals surface area contributed by atoms with E-state index >= 15 is 0 Å². The number of benzene rings is 2. The molecule has 2 aromatic heterocycles. The quantitative estimate of drug-likeness (QED) is 0.0169. The summed E-state index contributed by atoms with van der Waals surface area (Å²) in [5.41, 5.74) is 1.26. The summed E-state index contributed by atoms with van der Waals surface area (Å²) in [6.07, 6.45) is 3.73. The monoisotopic (exact) mass is 1690 g/mol. The van der Waals surface area contributed by atoms with Crippen LogP contribution in [0.2, 0.25) is 0 Å². The number of aliphatic carboxylic acids is 1. The summed E-state index contributed by atoms with van der Waals surface area (Å²) in [6, 6.07) is 12.5. The molecule has 9 amide bonds. The van der Waals surface area contributed by atoms with E-state index in [4.69, 9.17) is 25.5 Å². The number of likely N-dealkylation sites (tertiary alicyclic amines) is 5. The number of aromatic nitrogens is 2. The van der Waals surface area contributed by atoms with Crippen molar-refractivity contribution in [1.82, 2.24) is 90.0 Å². The van der Waals surface area contributed by atoms with Crippen molar-refractivity contribution in [3.63, 3.8) is 0 Å². The largest absolute Gasteiger partial charge is 0.494 e. The minimum Gasteiger partial charge on any atom is -0.494 e. The number of amides is 9. The first-order valence-electron chi connectivity index (χ1n) is 40.5. The second-order valence-electron chi connectivity index (χ2n) is 31.2. The number of rotatable bonds is 39. The Bertz CT molecular complexity index is 4200. The zero-order chi connectivity index (χ0) is 86.8. The highest BCUT2D eigenvalue weighted by Gasteiger charge is 2.51. The summed E-state index contributed by atoms with van der Waals surface area (Å²) in [5.74, 6) is -10.7. The predicted octanol–water partition coefficient (Wildman–Crippen LogP) is -0.0985. The van der Waals surface area contributed by atoms with Crippen LogP contribution in [0.4, 0.5) is 17.6 Å². The van der Waals surface area contributed by atoms with Gasteiger partial charge in [0.2, 0.25) is 41.4 Å². The highest BCUT2D eigenvalue weighted by atomic mass is 19.3. The number of likely N-dealkylation sites (N-methyl/N-ethyl adjacent to an activating group) is 2. The van der Waals surface area contributed by atoms with E-state index in [1.807, 2.05) is 43.5 Å². The van der Waals surface area contributed by atoms with Crippen LogP contribution in [-0.4, -0.2) is 399 Å². The lowest BCUT2D eigenvalue weighted by atomic mass is 10.1. The molecule has 0 saturated carbocycles. The molecule has 6 saturated heterocycles. The first kappa shape index (κ1) is 92.2. The van der Waals surface area contributed by atoms with Crippen molar-refractivity contribution in [2.24, 2.45) is 0 Å². The van der Waals surface area contributed by atoms with Crippen molar-refractivity contribution in [1.29, 1.82) is 5.26 Å². The Morgan fingerprint density at radius 3 is 1.45 bits per heavy atom. The fraction of sp³-hybridized carbons (Fsp3) is 0.600. The fourth-order valence-electron chi connectivity index (χ4n) is 15.7. The average molecular weight is 1700 g/mol. The van der Waals surface area contributed by atoms with E-state index in [9.17, 15) is 85.5 Å². The van der Waals surface area contributed by atoms with Gasteiger partial charge in [-0.05, 0) is 108 Å². The minimum absolute atomic E-state index is 0.0303. The molecule has 4 aromatic rings. The SMILES string of the molecule is [C-]#[N+][C@@H]1CC(F)(F)CN1C(=O)CNC(=O)c1ccnc2ccc(OCCCCNC(=O)CN(C)[C@@H]3CCN(C(=O)CN(CC(=O)N4CC[C@@H](N(C)CC(=O)NCCCCOc5ccc6nccc(C(=O)NCC(=O)N7CC(F)(F)C[C@H]7C#N)c6c5)C4)C4CCN(C(=O)CN5CCN(COC=O)CCN(COC=O)CCN(CC(=O)O)CC5)C4)C3)cc12. The van der Waals surface area contributed by atoms with Crippen LogP contribution < -0.4 is 30.7 Å². The van der Waals surface area contributed by atoms with E-state index in [0.717, 1.165) is 9.80 Å². The maximum atomic E-state index is 14.6. The van der Waals surface area contributed by atoms with E-state index < -0.39 is 98.7 Å². The molecule has 0 bridgehead atoms. The van der Waals surface area contributed by atoms with Gasteiger partial charge in [0.05, 0.1) is 107 Å². The summed E-state index contributed by atoms with van der Waals surface area (Å²) >= 11 is 0. The van der Waals surface area contributed by atoms with Crippen molar-refractivity contribution in [2.75, 3.05) is 211 Å². The van der Waals surface area contributed by atoms with E-state index in [1.54, 1.807) is 62.1 Å². The molecule has 6 fully saturated rings. The van der Waals surface area contributed by atoms with Crippen LogP contribution in [-0.2, 0) is 57.4 Å². The molecule has 6 aliphatic rings. The van der Waals surface area contributed by atoms with Gasteiger partial charge in [-0.1, -0.05) is 0 Å². The Kier molecular flexibility index (Phi) is 33.9. The van der Waals surface area contributed by atoms with Crippen molar-refractivity contribution in [3.8, 4) is 17.6 Å². The van der Waals surface area contributed by atoms with Crippen LogP contribution >= 0.6 is 0 Å². The number of hydrogen-bond donors (Lipinski definition) is 5. The molecule has 121 heavy (non-hydrogen) atoms. The maximum Gasteiger partial charge on any atom is 0.317 e. The molecule has 0 spiro atoms. The van der Waals surface area contributed by atoms with Crippen molar-refractivity contribution in [3.05, 3.63) is 83.5 Å². The Balaban J connectivity index is 0.692. The third-order valence-electron chi connectivity index (χ3n) is 22.6. The number of nitrogens with zero attached hydrogens (tertiary/aromatic N) is 16. The maximum absolute atomic E-state index is 14.6. The zero-order valence-electron chi connectivity index (χ0n) is 68.0.